The molecule has 0 aliphatic carbocycles. The normalized spacial score (nSPS) is 12.5. The number of hydrogen-bond donors (Lipinski definition) is 0. The minimum Gasteiger partial charge on any atom is -0.0654 e. The van der Waals surface area contributed by atoms with Crippen molar-refractivity contribution in [3.8, 4) is 0 Å². The zero-order chi connectivity index (χ0) is 23.6. The SMILES string of the molecule is CCCCCCCCCCCCc1c(CC(C)CCCCCCCC)ccc2ccccc12. The van der Waals surface area contributed by atoms with Crippen LogP contribution in [0.1, 0.15) is 141 Å². The van der Waals surface area contributed by atoms with E-state index >= 15 is 0 Å². The maximum Gasteiger partial charge on any atom is -0.0149 e. The van der Waals surface area contributed by atoms with Crippen molar-refractivity contribution in [1.29, 1.82) is 0 Å². The maximum absolute atomic E-state index is 2.48. The Labute approximate surface area is 207 Å². The van der Waals surface area contributed by atoms with Crippen LogP contribution in [0.25, 0.3) is 10.8 Å². The molecule has 1 unspecified atom stereocenters. The summed E-state index contributed by atoms with van der Waals surface area (Å²) in [6.07, 6.45) is 26.5. The van der Waals surface area contributed by atoms with Crippen LogP contribution in [0.4, 0.5) is 0 Å². The lowest BCUT2D eigenvalue weighted by atomic mass is 9.88. The van der Waals surface area contributed by atoms with E-state index < -0.39 is 0 Å². The first kappa shape index (κ1) is 27.9. The molecule has 0 aliphatic heterocycles. The summed E-state index contributed by atoms with van der Waals surface area (Å²) in [7, 11) is 0. The molecule has 2 aromatic carbocycles. The molecule has 0 radical (unpaired) electrons. The number of aryl methyl sites for hydroxylation is 1. The molecule has 0 N–H and O–H groups in total. The van der Waals surface area contributed by atoms with Gasteiger partial charge in [0.15, 0.2) is 0 Å². The summed E-state index contributed by atoms with van der Waals surface area (Å²) in [5.74, 6) is 0.795. The first-order chi connectivity index (χ1) is 16.3. The van der Waals surface area contributed by atoms with Crippen molar-refractivity contribution in [2.24, 2.45) is 5.92 Å². The topological polar surface area (TPSA) is 0 Å². The first-order valence-electron chi connectivity index (χ1n) is 14.8. The minimum absolute atomic E-state index is 0.795. The predicted molar refractivity (Wildman–Crippen MR) is 150 cm³/mol. The standard InChI is InChI=1S/C33H54/c1-4-6-8-10-12-13-14-15-17-19-24-33-31(27-26-30-23-20-21-25-32(30)33)28-29(3)22-18-16-11-9-7-5-2/h20-21,23,25-27,29H,4-19,22,24,28H2,1-3H3. The van der Waals surface area contributed by atoms with Crippen LogP contribution in [0.2, 0.25) is 0 Å². The van der Waals surface area contributed by atoms with E-state index in [9.17, 15) is 0 Å². The van der Waals surface area contributed by atoms with E-state index in [1.165, 1.54) is 133 Å². The second-order valence-corrected chi connectivity index (χ2v) is 10.7. The van der Waals surface area contributed by atoms with Crippen molar-refractivity contribution >= 4 is 10.8 Å². The first-order valence-corrected chi connectivity index (χ1v) is 14.8. The summed E-state index contributed by atoms with van der Waals surface area (Å²) in [5, 5.41) is 2.93. The van der Waals surface area contributed by atoms with Crippen molar-refractivity contribution in [2.75, 3.05) is 0 Å². The molecule has 186 valence electrons. The molecule has 0 amide bonds. The number of unbranched alkanes of at least 4 members (excludes halogenated alkanes) is 14. The molecule has 0 fully saturated rings. The monoisotopic (exact) mass is 450 g/mol. The second kappa shape index (κ2) is 18.1. The molecule has 2 aromatic rings. The molecule has 0 nitrogen and oxygen atoms in total. The van der Waals surface area contributed by atoms with E-state index in [0.29, 0.717) is 0 Å². The third-order valence-corrected chi connectivity index (χ3v) is 7.54. The van der Waals surface area contributed by atoms with E-state index in [0.717, 1.165) is 5.92 Å². The van der Waals surface area contributed by atoms with Crippen molar-refractivity contribution in [3.05, 3.63) is 47.5 Å². The largest absolute Gasteiger partial charge is 0.0654 e. The van der Waals surface area contributed by atoms with Crippen LogP contribution in [0.5, 0.6) is 0 Å². The molecule has 0 aliphatic rings. The molecular weight excluding hydrogens is 396 g/mol. The molecule has 0 saturated carbocycles. The number of rotatable bonds is 20. The lowest BCUT2D eigenvalue weighted by Crippen LogP contribution is -2.04. The van der Waals surface area contributed by atoms with Gasteiger partial charge in [0.1, 0.15) is 0 Å². The highest BCUT2D eigenvalue weighted by Crippen LogP contribution is 2.28. The molecule has 0 heteroatoms. The Morgan fingerprint density at radius 3 is 1.76 bits per heavy atom. The van der Waals surface area contributed by atoms with Crippen LogP contribution in [-0.2, 0) is 12.8 Å². The summed E-state index contributed by atoms with van der Waals surface area (Å²) in [6.45, 7) is 7.09. The quantitative estimate of drug-likeness (QED) is 0.176. The Kier molecular flexibility index (Phi) is 15.3. The molecule has 0 heterocycles. The van der Waals surface area contributed by atoms with Crippen LogP contribution in [0.15, 0.2) is 36.4 Å². The molecule has 33 heavy (non-hydrogen) atoms. The van der Waals surface area contributed by atoms with E-state index in [1.807, 2.05) is 0 Å². The Morgan fingerprint density at radius 1 is 0.576 bits per heavy atom. The maximum atomic E-state index is 2.48. The number of hydrogen-bond acceptors (Lipinski definition) is 0. The summed E-state index contributed by atoms with van der Waals surface area (Å²) in [5.41, 5.74) is 3.28. The minimum atomic E-state index is 0.795. The van der Waals surface area contributed by atoms with E-state index in [4.69, 9.17) is 0 Å². The van der Waals surface area contributed by atoms with Gasteiger partial charge in [0.2, 0.25) is 0 Å². The van der Waals surface area contributed by atoms with Crippen LogP contribution in [0, 0.1) is 5.92 Å². The molecule has 0 saturated heterocycles. The summed E-state index contributed by atoms with van der Waals surface area (Å²) < 4.78 is 0. The Balaban J connectivity index is 1.80. The molecular formula is C33H54. The van der Waals surface area contributed by atoms with Gasteiger partial charge in [0.05, 0.1) is 0 Å². The lowest BCUT2D eigenvalue weighted by molar-refractivity contribution is 0.480. The van der Waals surface area contributed by atoms with Gasteiger partial charge in [0.25, 0.3) is 0 Å². The fourth-order valence-corrected chi connectivity index (χ4v) is 5.41. The zero-order valence-corrected chi connectivity index (χ0v) is 22.5. The molecule has 0 aromatic heterocycles. The Bertz CT molecular complexity index is 728. The van der Waals surface area contributed by atoms with Gasteiger partial charge >= 0.3 is 0 Å². The van der Waals surface area contributed by atoms with Gasteiger partial charge in [0, 0.05) is 0 Å². The van der Waals surface area contributed by atoms with Gasteiger partial charge < -0.3 is 0 Å². The third-order valence-electron chi connectivity index (χ3n) is 7.54. The second-order valence-electron chi connectivity index (χ2n) is 10.7. The molecule has 0 spiro atoms. The highest BCUT2D eigenvalue weighted by molar-refractivity contribution is 5.86. The molecule has 2 rings (SSSR count). The lowest BCUT2D eigenvalue weighted by Gasteiger charge is -2.17. The van der Waals surface area contributed by atoms with Crippen molar-refractivity contribution in [3.63, 3.8) is 0 Å². The predicted octanol–water partition coefficient (Wildman–Crippen LogP) is 11.2. The van der Waals surface area contributed by atoms with Gasteiger partial charge in [-0.15, -0.1) is 0 Å². The van der Waals surface area contributed by atoms with Crippen molar-refractivity contribution in [2.45, 2.75) is 143 Å². The number of benzene rings is 2. The Hall–Kier alpha value is -1.30. The highest BCUT2D eigenvalue weighted by atomic mass is 14.2. The van der Waals surface area contributed by atoms with Crippen LogP contribution >= 0.6 is 0 Å². The van der Waals surface area contributed by atoms with Gasteiger partial charge in [-0.2, -0.15) is 0 Å². The third kappa shape index (κ3) is 11.6. The van der Waals surface area contributed by atoms with Gasteiger partial charge in [-0.1, -0.05) is 160 Å². The fraction of sp³-hybridized carbons (Fsp3) is 0.697. The molecule has 0 bridgehead atoms. The Morgan fingerprint density at radius 2 is 1.12 bits per heavy atom. The fourth-order valence-electron chi connectivity index (χ4n) is 5.41. The van der Waals surface area contributed by atoms with Crippen molar-refractivity contribution < 1.29 is 0 Å². The molecule has 1 atom stereocenters. The van der Waals surface area contributed by atoms with Gasteiger partial charge in [-0.3, -0.25) is 0 Å². The average molecular weight is 451 g/mol. The van der Waals surface area contributed by atoms with E-state index in [-0.39, 0.29) is 0 Å². The van der Waals surface area contributed by atoms with Crippen LogP contribution in [-0.4, -0.2) is 0 Å². The highest BCUT2D eigenvalue weighted by Gasteiger charge is 2.11. The summed E-state index contributed by atoms with van der Waals surface area (Å²) in [6, 6.07) is 13.9. The summed E-state index contributed by atoms with van der Waals surface area (Å²) >= 11 is 0. The van der Waals surface area contributed by atoms with Crippen molar-refractivity contribution in [1.82, 2.24) is 0 Å². The summed E-state index contributed by atoms with van der Waals surface area (Å²) in [4.78, 5) is 0. The van der Waals surface area contributed by atoms with Gasteiger partial charge in [-0.25, -0.2) is 0 Å². The number of fused-ring (bicyclic) bond motifs is 1. The van der Waals surface area contributed by atoms with E-state index in [1.54, 1.807) is 11.1 Å². The van der Waals surface area contributed by atoms with Gasteiger partial charge in [-0.05, 0) is 47.1 Å². The smallest absolute Gasteiger partial charge is 0.0149 e. The van der Waals surface area contributed by atoms with E-state index in [2.05, 4.69) is 57.2 Å². The van der Waals surface area contributed by atoms with Crippen LogP contribution < -0.4 is 0 Å². The zero-order valence-electron chi connectivity index (χ0n) is 22.5. The van der Waals surface area contributed by atoms with Crippen LogP contribution in [0.3, 0.4) is 0 Å². The average Bonchev–Trinajstić information content (AvgIpc) is 2.83.